The molecule has 0 atom stereocenters. The highest BCUT2D eigenvalue weighted by Crippen LogP contribution is 2.23. The number of carbonyl (C=O) groups is 2. The van der Waals surface area contributed by atoms with Crippen molar-refractivity contribution in [2.45, 2.75) is 13.3 Å². The molecule has 0 radical (unpaired) electrons. The summed E-state index contributed by atoms with van der Waals surface area (Å²) >= 11 is 0. The topological polar surface area (TPSA) is 67.9 Å². The Labute approximate surface area is 176 Å². The van der Waals surface area contributed by atoms with Crippen LogP contribution in [0.4, 0.5) is 5.69 Å². The quantitative estimate of drug-likeness (QED) is 0.581. The Hall–Kier alpha value is -3.54. The van der Waals surface area contributed by atoms with Crippen LogP contribution in [0.15, 0.2) is 66.7 Å². The first kappa shape index (κ1) is 21.2. The SMILES string of the molecule is CCCN(CC(=O)Nc1ccccc1OC)C(=O)COc1ccc2ccccc2c1. The predicted molar refractivity (Wildman–Crippen MR) is 118 cm³/mol. The van der Waals surface area contributed by atoms with Gasteiger partial charge in [0.15, 0.2) is 6.61 Å². The maximum Gasteiger partial charge on any atom is 0.260 e. The number of fused-ring (bicyclic) bond motifs is 1. The second kappa shape index (κ2) is 10.3. The first-order valence-corrected chi connectivity index (χ1v) is 9.93. The molecule has 3 aromatic rings. The molecule has 0 spiro atoms. The van der Waals surface area contributed by atoms with E-state index in [4.69, 9.17) is 9.47 Å². The number of anilines is 1. The van der Waals surface area contributed by atoms with E-state index >= 15 is 0 Å². The molecule has 0 aliphatic carbocycles. The zero-order valence-electron chi connectivity index (χ0n) is 17.3. The maximum absolute atomic E-state index is 12.7. The van der Waals surface area contributed by atoms with Gasteiger partial charge in [-0.15, -0.1) is 0 Å². The summed E-state index contributed by atoms with van der Waals surface area (Å²) in [6.45, 7) is 2.26. The van der Waals surface area contributed by atoms with Crippen LogP contribution in [0.3, 0.4) is 0 Å². The summed E-state index contributed by atoms with van der Waals surface area (Å²) in [5.41, 5.74) is 0.571. The molecular weight excluding hydrogens is 380 g/mol. The van der Waals surface area contributed by atoms with Crippen LogP contribution in [-0.2, 0) is 9.59 Å². The summed E-state index contributed by atoms with van der Waals surface area (Å²) in [6.07, 6.45) is 0.740. The van der Waals surface area contributed by atoms with Gasteiger partial charge in [-0.3, -0.25) is 9.59 Å². The van der Waals surface area contributed by atoms with Crippen molar-refractivity contribution < 1.29 is 19.1 Å². The predicted octanol–water partition coefficient (Wildman–Crippen LogP) is 4.10. The van der Waals surface area contributed by atoms with Crippen molar-refractivity contribution in [3.05, 3.63) is 66.7 Å². The van der Waals surface area contributed by atoms with Crippen LogP contribution < -0.4 is 14.8 Å². The number of methoxy groups -OCH3 is 1. The van der Waals surface area contributed by atoms with Crippen molar-refractivity contribution in [2.24, 2.45) is 0 Å². The first-order valence-electron chi connectivity index (χ1n) is 9.93. The van der Waals surface area contributed by atoms with E-state index in [9.17, 15) is 9.59 Å². The lowest BCUT2D eigenvalue weighted by atomic mass is 10.1. The van der Waals surface area contributed by atoms with Crippen LogP contribution in [0.25, 0.3) is 10.8 Å². The van der Waals surface area contributed by atoms with Crippen LogP contribution >= 0.6 is 0 Å². The van der Waals surface area contributed by atoms with Crippen LogP contribution in [0.5, 0.6) is 11.5 Å². The molecule has 0 saturated carbocycles. The van der Waals surface area contributed by atoms with Gasteiger partial charge >= 0.3 is 0 Å². The minimum absolute atomic E-state index is 0.0498. The summed E-state index contributed by atoms with van der Waals surface area (Å²) < 4.78 is 10.9. The molecule has 6 heteroatoms. The standard InChI is InChI=1S/C24H26N2O4/c1-3-14-26(16-23(27)25-21-10-6-7-11-22(21)29-2)24(28)17-30-20-13-12-18-8-4-5-9-19(18)15-20/h4-13,15H,3,14,16-17H2,1-2H3,(H,25,27). The second-order valence-corrected chi connectivity index (χ2v) is 6.86. The number of ether oxygens (including phenoxy) is 2. The number of nitrogens with zero attached hydrogens (tertiary/aromatic N) is 1. The molecule has 30 heavy (non-hydrogen) atoms. The van der Waals surface area contributed by atoms with Crippen LogP contribution in [0.1, 0.15) is 13.3 Å². The smallest absolute Gasteiger partial charge is 0.260 e. The molecule has 3 aromatic carbocycles. The third-order valence-corrected chi connectivity index (χ3v) is 4.65. The third kappa shape index (κ3) is 5.50. The van der Waals surface area contributed by atoms with Crippen LogP contribution in [0.2, 0.25) is 0 Å². The van der Waals surface area contributed by atoms with Crippen LogP contribution in [-0.4, -0.2) is 43.5 Å². The normalized spacial score (nSPS) is 10.5. The third-order valence-electron chi connectivity index (χ3n) is 4.65. The highest BCUT2D eigenvalue weighted by molar-refractivity contribution is 5.95. The molecule has 0 saturated heterocycles. The van der Waals surface area contributed by atoms with Gasteiger partial charge in [0, 0.05) is 6.54 Å². The number of nitrogens with one attached hydrogen (secondary N) is 1. The van der Waals surface area contributed by atoms with Gasteiger partial charge in [0.05, 0.1) is 19.3 Å². The fourth-order valence-corrected chi connectivity index (χ4v) is 3.17. The molecule has 0 aliphatic rings. The van der Waals surface area contributed by atoms with Crippen molar-refractivity contribution in [1.29, 1.82) is 0 Å². The van der Waals surface area contributed by atoms with E-state index in [0.29, 0.717) is 23.7 Å². The summed E-state index contributed by atoms with van der Waals surface area (Å²) in [5, 5.41) is 4.95. The van der Waals surface area contributed by atoms with E-state index < -0.39 is 0 Å². The number of amides is 2. The Bertz CT molecular complexity index is 1020. The Morgan fingerprint density at radius 2 is 1.70 bits per heavy atom. The van der Waals surface area contributed by atoms with Crippen molar-refractivity contribution in [3.63, 3.8) is 0 Å². The molecule has 6 nitrogen and oxygen atoms in total. The molecule has 0 aliphatic heterocycles. The molecule has 0 fully saturated rings. The Morgan fingerprint density at radius 3 is 2.47 bits per heavy atom. The highest BCUT2D eigenvalue weighted by Gasteiger charge is 2.18. The number of hydrogen-bond donors (Lipinski definition) is 1. The van der Waals surface area contributed by atoms with Gasteiger partial charge in [-0.2, -0.15) is 0 Å². The Morgan fingerprint density at radius 1 is 0.967 bits per heavy atom. The van der Waals surface area contributed by atoms with Gasteiger partial charge in [-0.1, -0.05) is 49.4 Å². The summed E-state index contributed by atoms with van der Waals surface area (Å²) in [6, 6.07) is 20.8. The van der Waals surface area contributed by atoms with E-state index in [1.807, 2.05) is 61.5 Å². The van der Waals surface area contributed by atoms with Gasteiger partial charge in [-0.05, 0) is 41.5 Å². The van der Waals surface area contributed by atoms with Crippen LogP contribution in [0, 0.1) is 0 Å². The van der Waals surface area contributed by atoms with Gasteiger partial charge in [0.2, 0.25) is 5.91 Å². The lowest BCUT2D eigenvalue weighted by Gasteiger charge is -2.22. The van der Waals surface area contributed by atoms with Gasteiger partial charge in [0.1, 0.15) is 11.5 Å². The number of rotatable bonds is 9. The summed E-state index contributed by atoms with van der Waals surface area (Å²) in [7, 11) is 1.54. The Balaban J connectivity index is 1.60. The highest BCUT2D eigenvalue weighted by atomic mass is 16.5. The molecule has 0 bridgehead atoms. The molecule has 1 N–H and O–H groups in total. The average molecular weight is 406 g/mol. The second-order valence-electron chi connectivity index (χ2n) is 6.86. The van der Waals surface area contributed by atoms with E-state index in [1.165, 1.54) is 4.90 Å². The van der Waals surface area contributed by atoms with Crippen molar-refractivity contribution >= 4 is 28.3 Å². The molecule has 2 amide bonds. The van der Waals surface area contributed by atoms with E-state index in [2.05, 4.69) is 5.32 Å². The largest absolute Gasteiger partial charge is 0.495 e. The number of hydrogen-bond acceptors (Lipinski definition) is 4. The van der Waals surface area contributed by atoms with Crippen molar-refractivity contribution in [2.75, 3.05) is 32.1 Å². The molecule has 0 aromatic heterocycles. The van der Waals surface area contributed by atoms with Crippen molar-refractivity contribution in [1.82, 2.24) is 4.90 Å². The van der Waals surface area contributed by atoms with Crippen molar-refractivity contribution in [3.8, 4) is 11.5 Å². The molecule has 156 valence electrons. The zero-order valence-corrected chi connectivity index (χ0v) is 17.3. The van der Waals surface area contributed by atoms with Gasteiger partial charge in [-0.25, -0.2) is 0 Å². The Kier molecular flexibility index (Phi) is 7.27. The fraction of sp³-hybridized carbons (Fsp3) is 0.250. The van der Waals surface area contributed by atoms with E-state index in [1.54, 1.807) is 19.2 Å². The molecule has 0 unspecified atom stereocenters. The fourth-order valence-electron chi connectivity index (χ4n) is 3.17. The summed E-state index contributed by atoms with van der Waals surface area (Å²) in [4.78, 5) is 26.7. The average Bonchev–Trinajstić information content (AvgIpc) is 2.77. The zero-order chi connectivity index (χ0) is 21.3. The van der Waals surface area contributed by atoms with E-state index in [-0.39, 0.29) is 25.0 Å². The lowest BCUT2D eigenvalue weighted by molar-refractivity contribution is -0.136. The minimum Gasteiger partial charge on any atom is -0.495 e. The van der Waals surface area contributed by atoms with Gasteiger partial charge in [0.25, 0.3) is 5.91 Å². The molecular formula is C24H26N2O4. The number of carbonyl (C=O) groups excluding carboxylic acids is 2. The lowest BCUT2D eigenvalue weighted by Crippen LogP contribution is -2.41. The monoisotopic (exact) mass is 406 g/mol. The number of benzene rings is 3. The maximum atomic E-state index is 12.7. The van der Waals surface area contributed by atoms with E-state index in [0.717, 1.165) is 17.2 Å². The minimum atomic E-state index is -0.285. The van der Waals surface area contributed by atoms with Gasteiger partial charge < -0.3 is 19.7 Å². The molecule has 0 heterocycles. The first-order chi connectivity index (χ1) is 14.6. The summed E-state index contributed by atoms with van der Waals surface area (Å²) in [5.74, 6) is 0.669. The number of para-hydroxylation sites is 2. The molecule has 3 rings (SSSR count).